The van der Waals surface area contributed by atoms with E-state index in [0.29, 0.717) is 5.41 Å². The molecule has 16 heavy (non-hydrogen) atoms. The minimum Gasteiger partial charge on any atom is -0.381 e. The Kier molecular flexibility index (Phi) is 5.77. The van der Waals surface area contributed by atoms with Gasteiger partial charge in [-0.1, -0.05) is 13.8 Å². The third kappa shape index (κ3) is 3.46. The average molecular weight is 227 g/mol. The van der Waals surface area contributed by atoms with Gasteiger partial charge in [-0.3, -0.25) is 0 Å². The van der Waals surface area contributed by atoms with Crippen molar-refractivity contribution < 1.29 is 4.74 Å². The molecule has 2 fully saturated rings. The van der Waals surface area contributed by atoms with Crippen LogP contribution in [0.3, 0.4) is 0 Å². The lowest BCUT2D eigenvalue weighted by molar-refractivity contribution is -0.0339. The minimum absolute atomic E-state index is 0.612. The molecule has 2 aliphatic rings. The maximum absolute atomic E-state index is 5.47. The summed E-state index contributed by atoms with van der Waals surface area (Å²) in [4.78, 5) is 2.65. The highest BCUT2D eigenvalue weighted by Gasteiger charge is 2.37. The van der Waals surface area contributed by atoms with E-state index in [9.17, 15) is 0 Å². The molecule has 2 heterocycles. The van der Waals surface area contributed by atoms with Gasteiger partial charge in [0.05, 0.1) is 0 Å². The van der Waals surface area contributed by atoms with Crippen LogP contribution in [0.1, 0.15) is 53.4 Å². The maximum atomic E-state index is 5.47. The Morgan fingerprint density at radius 1 is 1.06 bits per heavy atom. The zero-order valence-corrected chi connectivity index (χ0v) is 11.6. The molecular weight excluding hydrogens is 198 g/mol. The number of piperidine rings is 1. The van der Waals surface area contributed by atoms with Crippen molar-refractivity contribution >= 4 is 0 Å². The first-order valence-corrected chi connectivity index (χ1v) is 7.04. The third-order valence-electron chi connectivity index (χ3n) is 3.97. The predicted molar refractivity (Wildman–Crippen MR) is 69.8 cm³/mol. The molecule has 0 bridgehead atoms. The van der Waals surface area contributed by atoms with Gasteiger partial charge in [0.25, 0.3) is 0 Å². The molecule has 0 unspecified atom stereocenters. The summed E-state index contributed by atoms with van der Waals surface area (Å²) in [5.41, 5.74) is 0.612. The molecule has 96 valence electrons. The van der Waals surface area contributed by atoms with Gasteiger partial charge in [0.15, 0.2) is 0 Å². The number of nitrogens with zero attached hydrogens (tertiary/aromatic N) is 1. The van der Waals surface area contributed by atoms with E-state index in [-0.39, 0.29) is 0 Å². The van der Waals surface area contributed by atoms with Crippen molar-refractivity contribution in [1.29, 1.82) is 0 Å². The summed E-state index contributed by atoms with van der Waals surface area (Å²) in [7, 11) is 0. The highest BCUT2D eigenvalue weighted by Crippen LogP contribution is 2.39. The van der Waals surface area contributed by atoms with Crippen LogP contribution in [0, 0.1) is 5.41 Å². The average Bonchev–Trinajstić information content (AvgIpc) is 2.33. The second-order valence-electron chi connectivity index (χ2n) is 5.28. The number of hydrogen-bond donors (Lipinski definition) is 0. The Morgan fingerprint density at radius 3 is 2.25 bits per heavy atom. The Labute approximate surface area is 101 Å². The number of rotatable bonds is 1. The van der Waals surface area contributed by atoms with E-state index < -0.39 is 0 Å². The second kappa shape index (κ2) is 6.61. The Morgan fingerprint density at radius 2 is 1.69 bits per heavy atom. The molecule has 0 N–H and O–H groups in total. The maximum Gasteiger partial charge on any atom is 0.0471 e. The molecule has 0 saturated carbocycles. The van der Waals surface area contributed by atoms with Crippen molar-refractivity contribution in [1.82, 2.24) is 4.90 Å². The highest BCUT2D eigenvalue weighted by molar-refractivity contribution is 4.89. The van der Waals surface area contributed by atoms with Crippen LogP contribution >= 0.6 is 0 Å². The summed E-state index contributed by atoms with van der Waals surface area (Å²) in [5, 5.41) is 0. The minimum atomic E-state index is 0.612. The van der Waals surface area contributed by atoms with Gasteiger partial charge in [0.1, 0.15) is 0 Å². The zero-order valence-electron chi connectivity index (χ0n) is 11.6. The number of hydrogen-bond acceptors (Lipinski definition) is 2. The normalized spacial score (nSPS) is 25.3. The van der Waals surface area contributed by atoms with Crippen LogP contribution in [0.25, 0.3) is 0 Å². The number of ether oxygens (including phenoxy) is 1. The van der Waals surface area contributed by atoms with E-state index in [4.69, 9.17) is 4.74 Å². The fraction of sp³-hybridized carbons (Fsp3) is 1.00. The molecule has 0 aliphatic carbocycles. The summed E-state index contributed by atoms with van der Waals surface area (Å²) >= 11 is 0. The molecule has 0 aromatic heterocycles. The molecule has 2 saturated heterocycles. The summed E-state index contributed by atoms with van der Waals surface area (Å²) in [5.74, 6) is 0. The molecule has 0 aromatic carbocycles. The molecule has 2 rings (SSSR count). The van der Waals surface area contributed by atoms with Gasteiger partial charge in [0, 0.05) is 25.8 Å². The van der Waals surface area contributed by atoms with Gasteiger partial charge in [0.2, 0.25) is 0 Å². The topological polar surface area (TPSA) is 12.5 Å². The third-order valence-corrected chi connectivity index (χ3v) is 3.97. The van der Waals surface area contributed by atoms with Crippen LogP contribution in [-0.2, 0) is 4.74 Å². The van der Waals surface area contributed by atoms with Crippen molar-refractivity contribution in [3.8, 4) is 0 Å². The van der Waals surface area contributed by atoms with Gasteiger partial charge in [-0.2, -0.15) is 0 Å². The Hall–Kier alpha value is -0.0800. The molecule has 0 atom stereocenters. The quantitative estimate of drug-likeness (QED) is 0.681. The standard InChI is InChI=1S/C12H23NO.C2H6/c1-11(2)13-7-3-4-12(10-13)5-8-14-9-6-12;1-2/h11H,3-10H2,1-2H3;1-2H3. The first kappa shape index (κ1) is 14.0. The molecule has 0 radical (unpaired) electrons. The lowest BCUT2D eigenvalue weighted by Gasteiger charge is -2.46. The van der Waals surface area contributed by atoms with Crippen molar-refractivity contribution in [2.45, 2.75) is 59.4 Å². The summed E-state index contributed by atoms with van der Waals surface area (Å²) < 4.78 is 5.47. The van der Waals surface area contributed by atoms with Gasteiger partial charge < -0.3 is 9.64 Å². The van der Waals surface area contributed by atoms with Crippen LogP contribution in [0.4, 0.5) is 0 Å². The van der Waals surface area contributed by atoms with Gasteiger partial charge in [-0.05, 0) is 51.5 Å². The van der Waals surface area contributed by atoms with E-state index >= 15 is 0 Å². The molecule has 1 spiro atoms. The van der Waals surface area contributed by atoms with Gasteiger partial charge in [-0.15, -0.1) is 0 Å². The van der Waals surface area contributed by atoms with E-state index in [1.807, 2.05) is 13.8 Å². The first-order chi connectivity index (χ1) is 7.72. The Balaban J connectivity index is 0.000000606. The van der Waals surface area contributed by atoms with E-state index in [2.05, 4.69) is 18.7 Å². The van der Waals surface area contributed by atoms with E-state index in [0.717, 1.165) is 19.3 Å². The van der Waals surface area contributed by atoms with Crippen LogP contribution in [0.5, 0.6) is 0 Å². The first-order valence-electron chi connectivity index (χ1n) is 7.04. The highest BCUT2D eigenvalue weighted by atomic mass is 16.5. The van der Waals surface area contributed by atoms with E-state index in [1.165, 1.54) is 38.8 Å². The van der Waals surface area contributed by atoms with Gasteiger partial charge >= 0.3 is 0 Å². The Bertz CT molecular complexity index is 180. The summed E-state index contributed by atoms with van der Waals surface area (Å²) in [6, 6.07) is 0.718. The van der Waals surface area contributed by atoms with Crippen LogP contribution in [0.15, 0.2) is 0 Å². The molecule has 2 aliphatic heterocycles. The number of likely N-dealkylation sites (tertiary alicyclic amines) is 1. The van der Waals surface area contributed by atoms with E-state index in [1.54, 1.807) is 0 Å². The SMILES string of the molecule is CC.CC(C)N1CCCC2(CCOCC2)C1. The molecule has 0 amide bonds. The van der Waals surface area contributed by atoms with Gasteiger partial charge in [-0.25, -0.2) is 0 Å². The monoisotopic (exact) mass is 227 g/mol. The fourth-order valence-electron chi connectivity index (χ4n) is 2.90. The van der Waals surface area contributed by atoms with Crippen molar-refractivity contribution in [2.75, 3.05) is 26.3 Å². The molecule has 2 heteroatoms. The predicted octanol–water partition coefficient (Wildman–Crippen LogP) is 3.31. The van der Waals surface area contributed by atoms with Crippen LogP contribution < -0.4 is 0 Å². The lowest BCUT2D eigenvalue weighted by atomic mass is 9.73. The van der Waals surface area contributed by atoms with Crippen molar-refractivity contribution in [3.05, 3.63) is 0 Å². The second-order valence-corrected chi connectivity index (χ2v) is 5.28. The molecule has 0 aromatic rings. The van der Waals surface area contributed by atoms with Crippen LogP contribution in [-0.4, -0.2) is 37.2 Å². The van der Waals surface area contributed by atoms with Crippen LogP contribution in [0.2, 0.25) is 0 Å². The zero-order chi connectivity index (χ0) is 12.0. The largest absolute Gasteiger partial charge is 0.381 e. The fourth-order valence-corrected chi connectivity index (χ4v) is 2.90. The smallest absolute Gasteiger partial charge is 0.0471 e. The summed E-state index contributed by atoms with van der Waals surface area (Å²) in [6.07, 6.45) is 5.39. The lowest BCUT2D eigenvalue weighted by Crippen LogP contribution is -2.48. The van der Waals surface area contributed by atoms with Crippen molar-refractivity contribution in [2.24, 2.45) is 5.41 Å². The molecule has 2 nitrogen and oxygen atoms in total. The van der Waals surface area contributed by atoms with Crippen molar-refractivity contribution in [3.63, 3.8) is 0 Å². The molecular formula is C14H29NO. The summed E-state index contributed by atoms with van der Waals surface area (Å²) in [6.45, 7) is 13.2.